The minimum Gasteiger partial charge on any atom is -0.456 e. The normalized spacial score (nSPS) is 14.2. The smallest absolute Gasteiger partial charge is 0.140 e. The summed E-state index contributed by atoms with van der Waals surface area (Å²) >= 11 is 0. The van der Waals surface area contributed by atoms with Crippen molar-refractivity contribution in [1.82, 2.24) is 0 Å². The van der Waals surface area contributed by atoms with Gasteiger partial charge in [0.1, 0.15) is 23.0 Å². The van der Waals surface area contributed by atoms with Crippen molar-refractivity contribution < 1.29 is 9.47 Å². The molecular formula is C40H25O2P. The average molecular weight is 569 g/mol. The molecule has 1 atom stereocenters. The van der Waals surface area contributed by atoms with Gasteiger partial charge in [-0.15, -0.1) is 0 Å². The van der Waals surface area contributed by atoms with Gasteiger partial charge in [0.15, 0.2) is 0 Å². The van der Waals surface area contributed by atoms with Crippen LogP contribution in [0, 0.1) is 0 Å². The maximum Gasteiger partial charge on any atom is 0.140 e. The first-order valence-corrected chi connectivity index (χ1v) is 15.9. The van der Waals surface area contributed by atoms with Crippen LogP contribution in [-0.4, -0.2) is 0 Å². The van der Waals surface area contributed by atoms with Crippen LogP contribution in [0.25, 0.3) is 44.2 Å². The highest BCUT2D eigenvalue weighted by atomic mass is 31.1. The predicted octanol–water partition coefficient (Wildman–Crippen LogP) is 9.81. The number of fused-ring (bicyclic) bond motifs is 6. The molecule has 2 nitrogen and oxygen atoms in total. The van der Waals surface area contributed by atoms with Gasteiger partial charge < -0.3 is 9.47 Å². The Morgan fingerprint density at radius 3 is 1.67 bits per heavy atom. The van der Waals surface area contributed by atoms with Gasteiger partial charge in [-0.2, -0.15) is 0 Å². The molecule has 2 aliphatic rings. The molecule has 0 bridgehead atoms. The Kier molecular flexibility index (Phi) is 5.51. The van der Waals surface area contributed by atoms with Gasteiger partial charge in [0, 0.05) is 18.5 Å². The van der Waals surface area contributed by atoms with Crippen LogP contribution in [0.1, 0.15) is 0 Å². The molecule has 202 valence electrons. The molecule has 0 saturated carbocycles. The average Bonchev–Trinajstić information content (AvgIpc) is 3.08. The second-order valence-electron chi connectivity index (χ2n) is 11.0. The van der Waals surface area contributed by atoms with Crippen molar-refractivity contribution in [1.29, 1.82) is 0 Å². The van der Waals surface area contributed by atoms with E-state index in [1.165, 1.54) is 38.1 Å². The number of ether oxygens (including phenoxy) is 2. The second-order valence-corrected chi connectivity index (χ2v) is 13.0. The van der Waals surface area contributed by atoms with E-state index < -0.39 is 7.92 Å². The van der Waals surface area contributed by atoms with Crippen LogP contribution < -0.4 is 25.4 Å². The lowest BCUT2D eigenvalue weighted by molar-refractivity contribution is 0.467. The summed E-state index contributed by atoms with van der Waals surface area (Å²) in [6, 6.07) is 53.8. The van der Waals surface area contributed by atoms with Crippen LogP contribution in [0.4, 0.5) is 0 Å². The highest BCUT2D eigenvalue weighted by Gasteiger charge is 2.38. The molecule has 2 heterocycles. The lowest BCUT2D eigenvalue weighted by Crippen LogP contribution is -2.32. The molecule has 0 saturated heterocycles. The maximum atomic E-state index is 6.83. The summed E-state index contributed by atoms with van der Waals surface area (Å²) in [4.78, 5) is 0. The van der Waals surface area contributed by atoms with E-state index >= 15 is 0 Å². The molecular weight excluding hydrogens is 543 g/mol. The predicted molar refractivity (Wildman–Crippen MR) is 179 cm³/mol. The van der Waals surface area contributed by atoms with Crippen molar-refractivity contribution in [2.45, 2.75) is 0 Å². The lowest BCUT2D eigenvalue weighted by Gasteiger charge is -2.36. The summed E-state index contributed by atoms with van der Waals surface area (Å²) in [6.07, 6.45) is 0. The quantitative estimate of drug-likeness (QED) is 0.198. The number of hydrogen-bond acceptors (Lipinski definition) is 2. The zero-order chi connectivity index (χ0) is 28.3. The van der Waals surface area contributed by atoms with Gasteiger partial charge in [0.05, 0.1) is 5.30 Å². The molecule has 9 rings (SSSR count). The first kappa shape index (κ1) is 24.4. The van der Waals surface area contributed by atoms with E-state index in [0.717, 1.165) is 45.0 Å². The minimum atomic E-state index is -0.906. The van der Waals surface area contributed by atoms with E-state index in [1.54, 1.807) is 0 Å². The number of rotatable bonds is 3. The molecule has 7 aromatic rings. The third kappa shape index (κ3) is 3.99. The largest absolute Gasteiger partial charge is 0.456 e. The fraction of sp³-hybridized carbons (Fsp3) is 0. The van der Waals surface area contributed by atoms with E-state index in [1.807, 2.05) is 0 Å². The lowest BCUT2D eigenvalue weighted by atomic mass is 9.98. The van der Waals surface area contributed by atoms with E-state index in [-0.39, 0.29) is 0 Å². The van der Waals surface area contributed by atoms with Crippen LogP contribution in [0.5, 0.6) is 23.0 Å². The third-order valence-corrected chi connectivity index (χ3v) is 11.0. The molecule has 7 aromatic carbocycles. The minimum absolute atomic E-state index is 0.875. The van der Waals surface area contributed by atoms with Crippen molar-refractivity contribution in [3.8, 4) is 56.4 Å². The molecule has 1 unspecified atom stereocenters. The van der Waals surface area contributed by atoms with Crippen molar-refractivity contribution in [3.05, 3.63) is 152 Å². The monoisotopic (exact) mass is 568 g/mol. The highest BCUT2D eigenvalue weighted by Crippen LogP contribution is 2.55. The van der Waals surface area contributed by atoms with E-state index in [4.69, 9.17) is 9.47 Å². The van der Waals surface area contributed by atoms with Crippen LogP contribution in [0.15, 0.2) is 152 Å². The molecule has 43 heavy (non-hydrogen) atoms. The summed E-state index contributed by atoms with van der Waals surface area (Å²) in [7, 11) is -0.906. The molecule has 0 aliphatic carbocycles. The molecule has 3 heteroatoms. The van der Waals surface area contributed by atoms with Gasteiger partial charge in [0.2, 0.25) is 0 Å². The number of hydrogen-bond donors (Lipinski definition) is 0. The molecule has 0 radical (unpaired) electrons. The maximum absolute atomic E-state index is 6.83. The standard InChI is InChI=1S/C40H25O2P/c1-3-10-26(11-4-1)29-15-9-16-30(22-29)32-24-36-40-37(25-32)42-35-23-31(27-12-5-2-6-13-27)19-21-38(35)43(40)39-33-17-8-7-14-28(33)18-20-34(39)41-36/h1-25H. The van der Waals surface area contributed by atoms with E-state index in [2.05, 4.69) is 152 Å². The molecule has 0 aromatic heterocycles. The van der Waals surface area contributed by atoms with Crippen LogP contribution in [0.3, 0.4) is 0 Å². The Morgan fingerprint density at radius 1 is 0.349 bits per heavy atom. The van der Waals surface area contributed by atoms with Crippen LogP contribution in [-0.2, 0) is 0 Å². The van der Waals surface area contributed by atoms with Crippen LogP contribution in [0.2, 0.25) is 0 Å². The Labute approximate surface area is 251 Å². The molecule has 0 fully saturated rings. The Hall–Kier alpha value is -5.17. The fourth-order valence-corrected chi connectivity index (χ4v) is 9.07. The second kappa shape index (κ2) is 9.70. The third-order valence-electron chi connectivity index (χ3n) is 8.40. The fourth-order valence-electron chi connectivity index (χ4n) is 6.36. The van der Waals surface area contributed by atoms with E-state index in [9.17, 15) is 0 Å². The van der Waals surface area contributed by atoms with Crippen molar-refractivity contribution in [2.24, 2.45) is 0 Å². The summed E-state index contributed by atoms with van der Waals surface area (Å²) in [6.45, 7) is 0. The summed E-state index contributed by atoms with van der Waals surface area (Å²) in [5, 5.41) is 6.10. The Morgan fingerprint density at radius 2 is 0.930 bits per heavy atom. The van der Waals surface area contributed by atoms with Gasteiger partial charge in [0.25, 0.3) is 0 Å². The molecule has 0 spiro atoms. The molecule has 0 amide bonds. The topological polar surface area (TPSA) is 18.5 Å². The van der Waals surface area contributed by atoms with Crippen molar-refractivity contribution in [3.63, 3.8) is 0 Å². The highest BCUT2D eigenvalue weighted by molar-refractivity contribution is 7.81. The van der Waals surface area contributed by atoms with Gasteiger partial charge in [-0.3, -0.25) is 0 Å². The Bertz CT molecular complexity index is 2190. The van der Waals surface area contributed by atoms with Crippen molar-refractivity contribution >= 4 is 34.6 Å². The van der Waals surface area contributed by atoms with Gasteiger partial charge in [-0.25, -0.2) is 0 Å². The van der Waals surface area contributed by atoms with Gasteiger partial charge in [-0.1, -0.05) is 115 Å². The number of benzene rings is 7. The molecule has 2 aliphatic heterocycles. The van der Waals surface area contributed by atoms with Gasteiger partial charge in [-0.05, 0) is 80.6 Å². The zero-order valence-corrected chi connectivity index (χ0v) is 24.1. The first-order chi connectivity index (χ1) is 21.3. The van der Waals surface area contributed by atoms with E-state index in [0.29, 0.717) is 0 Å². The first-order valence-electron chi connectivity index (χ1n) is 14.5. The Balaban J connectivity index is 1.26. The van der Waals surface area contributed by atoms with Crippen LogP contribution >= 0.6 is 7.92 Å². The van der Waals surface area contributed by atoms with Crippen molar-refractivity contribution in [2.75, 3.05) is 0 Å². The SMILES string of the molecule is c1ccc(-c2cccc(-c3cc4c5c(c3)Oc3ccc6ccccc6c3P5c3ccc(-c5ccccc5)cc3O4)c2)cc1. The molecule has 0 N–H and O–H groups in total. The van der Waals surface area contributed by atoms with Gasteiger partial charge >= 0.3 is 0 Å². The summed E-state index contributed by atoms with van der Waals surface area (Å²) in [5.41, 5.74) is 6.91. The summed E-state index contributed by atoms with van der Waals surface area (Å²) < 4.78 is 13.6. The summed E-state index contributed by atoms with van der Waals surface area (Å²) in [5.74, 6) is 3.60. The zero-order valence-electron chi connectivity index (χ0n) is 23.2.